The Hall–Kier alpha value is -0.550. The van der Waals surface area contributed by atoms with Gasteiger partial charge in [0.1, 0.15) is 5.82 Å². The number of hydrogen-bond donors (Lipinski definition) is 1. The van der Waals surface area contributed by atoms with E-state index in [0.29, 0.717) is 11.8 Å². The third kappa shape index (κ3) is 3.06. The Bertz CT molecular complexity index is 377. The maximum atomic E-state index is 5.68. The number of rotatable bonds is 5. The first-order valence-corrected chi connectivity index (χ1v) is 7.95. The van der Waals surface area contributed by atoms with Crippen molar-refractivity contribution < 1.29 is 0 Å². The van der Waals surface area contributed by atoms with E-state index in [4.69, 9.17) is 5.73 Å². The van der Waals surface area contributed by atoms with Crippen LogP contribution in [0, 0.1) is 5.92 Å². The fourth-order valence-corrected chi connectivity index (χ4v) is 4.14. The minimum atomic E-state index is 0.476. The summed E-state index contributed by atoms with van der Waals surface area (Å²) in [5, 5.41) is 10.2. The van der Waals surface area contributed by atoms with Gasteiger partial charge < -0.3 is 10.3 Å². The van der Waals surface area contributed by atoms with Gasteiger partial charge in [-0.2, -0.15) is 0 Å². The molecule has 1 fully saturated rings. The standard InChI is InChI=1S/C13H24N4S/c1-3-10-6-5-7-11(8-10)18-13-16-15-12(9-14)17(13)4-2/h10-11H,3-9,14H2,1-2H3. The van der Waals surface area contributed by atoms with E-state index in [1.54, 1.807) is 0 Å². The molecule has 1 heterocycles. The Kier molecular flexibility index (Phi) is 5.06. The van der Waals surface area contributed by atoms with Gasteiger partial charge in [-0.05, 0) is 25.7 Å². The molecule has 0 saturated heterocycles. The average Bonchev–Trinajstić information content (AvgIpc) is 2.80. The normalized spacial score (nSPS) is 24.4. The van der Waals surface area contributed by atoms with E-state index in [9.17, 15) is 0 Å². The smallest absolute Gasteiger partial charge is 0.191 e. The first kappa shape index (κ1) is 13.9. The zero-order valence-corrected chi connectivity index (χ0v) is 12.2. The summed E-state index contributed by atoms with van der Waals surface area (Å²) in [7, 11) is 0. The Balaban J connectivity index is 2.02. The molecule has 1 aromatic heterocycles. The fraction of sp³-hybridized carbons (Fsp3) is 0.846. The molecule has 1 aliphatic rings. The summed E-state index contributed by atoms with van der Waals surface area (Å²) in [6, 6.07) is 0. The van der Waals surface area contributed by atoms with Crippen LogP contribution in [0.15, 0.2) is 5.16 Å². The maximum Gasteiger partial charge on any atom is 0.191 e. The molecule has 4 nitrogen and oxygen atoms in total. The summed E-state index contributed by atoms with van der Waals surface area (Å²) in [4.78, 5) is 0. The Morgan fingerprint density at radius 3 is 2.83 bits per heavy atom. The highest BCUT2D eigenvalue weighted by molar-refractivity contribution is 7.99. The minimum Gasteiger partial charge on any atom is -0.324 e. The third-order valence-corrected chi connectivity index (χ3v) is 5.15. The fourth-order valence-electron chi connectivity index (χ4n) is 2.74. The highest BCUT2D eigenvalue weighted by Gasteiger charge is 2.23. The molecule has 18 heavy (non-hydrogen) atoms. The monoisotopic (exact) mass is 268 g/mol. The highest BCUT2D eigenvalue weighted by atomic mass is 32.2. The van der Waals surface area contributed by atoms with Crippen LogP contribution >= 0.6 is 11.8 Å². The molecular formula is C13H24N4S. The molecule has 2 N–H and O–H groups in total. The van der Waals surface area contributed by atoms with Gasteiger partial charge in [0, 0.05) is 11.8 Å². The van der Waals surface area contributed by atoms with Crippen LogP contribution < -0.4 is 5.73 Å². The lowest BCUT2D eigenvalue weighted by Gasteiger charge is -2.27. The van der Waals surface area contributed by atoms with Gasteiger partial charge in [0.05, 0.1) is 6.54 Å². The second kappa shape index (κ2) is 6.57. The maximum absolute atomic E-state index is 5.68. The minimum absolute atomic E-state index is 0.476. The van der Waals surface area contributed by atoms with Gasteiger partial charge in [0.25, 0.3) is 0 Å². The molecule has 1 saturated carbocycles. The van der Waals surface area contributed by atoms with E-state index in [-0.39, 0.29) is 0 Å². The predicted octanol–water partition coefficient (Wildman–Crippen LogP) is 2.82. The van der Waals surface area contributed by atoms with E-state index in [1.165, 1.54) is 32.1 Å². The quantitative estimate of drug-likeness (QED) is 0.892. The Labute approximate surface area is 114 Å². The van der Waals surface area contributed by atoms with E-state index in [1.807, 2.05) is 11.8 Å². The topological polar surface area (TPSA) is 56.7 Å². The average molecular weight is 268 g/mol. The molecule has 2 rings (SSSR count). The lowest BCUT2D eigenvalue weighted by Crippen LogP contribution is -2.17. The number of hydrogen-bond acceptors (Lipinski definition) is 4. The van der Waals surface area contributed by atoms with Crippen molar-refractivity contribution in [2.75, 3.05) is 0 Å². The highest BCUT2D eigenvalue weighted by Crippen LogP contribution is 2.36. The van der Waals surface area contributed by atoms with Gasteiger partial charge in [0.2, 0.25) is 0 Å². The molecule has 0 aliphatic heterocycles. The second-order valence-corrected chi connectivity index (χ2v) is 6.30. The van der Waals surface area contributed by atoms with Crippen molar-refractivity contribution >= 4 is 11.8 Å². The number of nitrogens with two attached hydrogens (primary N) is 1. The molecule has 102 valence electrons. The molecule has 1 aliphatic carbocycles. The van der Waals surface area contributed by atoms with Crippen LogP contribution in [0.5, 0.6) is 0 Å². The van der Waals surface area contributed by atoms with E-state index >= 15 is 0 Å². The largest absolute Gasteiger partial charge is 0.324 e. The third-order valence-electron chi connectivity index (χ3n) is 3.88. The van der Waals surface area contributed by atoms with Crippen LogP contribution in [0.25, 0.3) is 0 Å². The lowest BCUT2D eigenvalue weighted by atomic mass is 9.87. The SMILES string of the molecule is CCC1CCCC(Sc2nnc(CN)n2CC)C1. The van der Waals surface area contributed by atoms with Crippen molar-refractivity contribution in [3.05, 3.63) is 5.82 Å². The summed E-state index contributed by atoms with van der Waals surface area (Å²) in [6.07, 6.45) is 6.72. The first-order valence-electron chi connectivity index (χ1n) is 7.07. The Morgan fingerprint density at radius 2 is 2.17 bits per heavy atom. The van der Waals surface area contributed by atoms with Gasteiger partial charge in [-0.3, -0.25) is 0 Å². The molecule has 0 spiro atoms. The van der Waals surface area contributed by atoms with Gasteiger partial charge in [0.15, 0.2) is 5.16 Å². The molecule has 1 aromatic rings. The van der Waals surface area contributed by atoms with Crippen LogP contribution in [-0.4, -0.2) is 20.0 Å². The molecule has 0 radical (unpaired) electrons. The molecule has 2 unspecified atom stereocenters. The summed E-state index contributed by atoms with van der Waals surface area (Å²) in [5.74, 6) is 1.81. The second-order valence-electron chi connectivity index (χ2n) is 5.03. The summed E-state index contributed by atoms with van der Waals surface area (Å²) in [5.41, 5.74) is 5.68. The molecule has 2 atom stereocenters. The Morgan fingerprint density at radius 1 is 1.33 bits per heavy atom. The van der Waals surface area contributed by atoms with Crippen LogP contribution in [-0.2, 0) is 13.1 Å². The molecule has 5 heteroatoms. The molecular weight excluding hydrogens is 244 g/mol. The summed E-state index contributed by atoms with van der Waals surface area (Å²) in [6.45, 7) is 5.82. The zero-order chi connectivity index (χ0) is 13.0. The van der Waals surface area contributed by atoms with E-state index < -0.39 is 0 Å². The summed E-state index contributed by atoms with van der Waals surface area (Å²) < 4.78 is 2.15. The van der Waals surface area contributed by atoms with Crippen molar-refractivity contribution in [2.45, 2.75) is 69.4 Å². The van der Waals surface area contributed by atoms with Gasteiger partial charge in [-0.25, -0.2) is 0 Å². The van der Waals surface area contributed by atoms with Crippen molar-refractivity contribution in [2.24, 2.45) is 11.7 Å². The lowest BCUT2D eigenvalue weighted by molar-refractivity contribution is 0.357. The van der Waals surface area contributed by atoms with Crippen LogP contribution in [0.2, 0.25) is 0 Å². The van der Waals surface area contributed by atoms with Gasteiger partial charge in [-0.1, -0.05) is 37.9 Å². The predicted molar refractivity (Wildman–Crippen MR) is 75.5 cm³/mol. The zero-order valence-electron chi connectivity index (χ0n) is 11.4. The molecule has 0 amide bonds. The number of nitrogens with zero attached hydrogens (tertiary/aromatic N) is 3. The van der Waals surface area contributed by atoms with Crippen LogP contribution in [0.1, 0.15) is 51.8 Å². The van der Waals surface area contributed by atoms with Crippen molar-refractivity contribution in [1.82, 2.24) is 14.8 Å². The van der Waals surface area contributed by atoms with E-state index in [2.05, 4.69) is 28.6 Å². The van der Waals surface area contributed by atoms with Crippen molar-refractivity contribution in [1.29, 1.82) is 0 Å². The van der Waals surface area contributed by atoms with E-state index in [0.717, 1.165) is 23.4 Å². The van der Waals surface area contributed by atoms with Crippen LogP contribution in [0.3, 0.4) is 0 Å². The van der Waals surface area contributed by atoms with Crippen LogP contribution in [0.4, 0.5) is 0 Å². The van der Waals surface area contributed by atoms with Crippen molar-refractivity contribution in [3.63, 3.8) is 0 Å². The number of thioether (sulfide) groups is 1. The van der Waals surface area contributed by atoms with Gasteiger partial charge >= 0.3 is 0 Å². The summed E-state index contributed by atoms with van der Waals surface area (Å²) >= 11 is 1.90. The molecule has 0 bridgehead atoms. The first-order chi connectivity index (χ1) is 8.78. The van der Waals surface area contributed by atoms with Crippen molar-refractivity contribution in [3.8, 4) is 0 Å². The number of aromatic nitrogens is 3. The van der Waals surface area contributed by atoms with Gasteiger partial charge in [-0.15, -0.1) is 10.2 Å². The molecule has 0 aromatic carbocycles.